The van der Waals surface area contributed by atoms with Gasteiger partial charge in [-0.15, -0.1) is 0 Å². The normalized spacial score (nSPS) is 11.8. The monoisotopic (exact) mass is 356 g/mol. The number of hydrogen-bond donors (Lipinski definition) is 2. The smallest absolute Gasteiger partial charge is 0.236 e. The molecule has 0 saturated carbocycles. The largest absolute Gasteiger partial charge is 0.359 e. The third kappa shape index (κ3) is 3.46. The van der Waals surface area contributed by atoms with Crippen LogP contribution in [0.5, 0.6) is 0 Å². The van der Waals surface area contributed by atoms with Crippen LogP contribution in [0.25, 0.3) is 10.9 Å². The van der Waals surface area contributed by atoms with Crippen molar-refractivity contribution in [2.24, 2.45) is 0 Å². The number of fused-ring (bicyclic) bond motifs is 1. The van der Waals surface area contributed by atoms with E-state index >= 15 is 0 Å². The van der Waals surface area contributed by atoms with Crippen LogP contribution in [0.1, 0.15) is 5.56 Å². The Labute approximate surface area is 136 Å². The van der Waals surface area contributed by atoms with Crippen LogP contribution in [-0.2, 0) is 15.8 Å². The highest BCUT2D eigenvalue weighted by atomic mass is 35.5. The van der Waals surface area contributed by atoms with Crippen molar-refractivity contribution in [3.63, 3.8) is 0 Å². The van der Waals surface area contributed by atoms with Gasteiger partial charge in [-0.05, 0) is 23.8 Å². The molecule has 3 aromatic rings. The minimum Gasteiger partial charge on any atom is -0.359 e. The highest BCUT2D eigenvalue weighted by Gasteiger charge is 2.16. The average Bonchev–Trinajstić information content (AvgIpc) is 2.80. The predicted molar refractivity (Wildman–Crippen MR) is 85.9 cm³/mol. The molecule has 0 atom stereocenters. The van der Waals surface area contributed by atoms with E-state index in [2.05, 4.69) is 9.71 Å². The minimum atomic E-state index is -3.73. The topological polar surface area (TPSA) is 62.0 Å². The molecule has 0 spiro atoms. The van der Waals surface area contributed by atoms with Crippen LogP contribution in [0.3, 0.4) is 0 Å². The summed E-state index contributed by atoms with van der Waals surface area (Å²) in [7, 11) is -3.73. The second-order valence-electron chi connectivity index (χ2n) is 5.01. The standard InChI is InChI=1S/C15H11ClF2N2O2S/c16-10-3-1-2-9(4-10)8-23(21,22)20-15-7-19-14-6-13(18)12(17)5-11(14)15/h1-7,19-20H,8H2. The molecule has 0 aliphatic heterocycles. The molecule has 3 rings (SSSR count). The van der Waals surface area contributed by atoms with Gasteiger partial charge in [0.1, 0.15) is 0 Å². The highest BCUT2D eigenvalue weighted by Crippen LogP contribution is 2.27. The number of rotatable bonds is 4. The van der Waals surface area contributed by atoms with Crippen molar-refractivity contribution in [1.29, 1.82) is 0 Å². The van der Waals surface area contributed by atoms with Gasteiger partial charge in [0.25, 0.3) is 0 Å². The fourth-order valence-corrected chi connectivity index (χ4v) is 3.66. The van der Waals surface area contributed by atoms with Gasteiger partial charge >= 0.3 is 0 Å². The molecule has 1 heterocycles. The number of halogens is 3. The summed E-state index contributed by atoms with van der Waals surface area (Å²) in [6.45, 7) is 0. The molecule has 8 heteroatoms. The predicted octanol–water partition coefficient (Wildman–Crippen LogP) is 4.04. The van der Waals surface area contributed by atoms with Crippen LogP contribution in [0.15, 0.2) is 42.6 Å². The first-order valence-corrected chi connectivity index (χ1v) is 8.58. The number of anilines is 1. The Morgan fingerprint density at radius 2 is 1.87 bits per heavy atom. The molecule has 0 saturated heterocycles. The van der Waals surface area contributed by atoms with E-state index in [1.165, 1.54) is 6.20 Å². The number of sulfonamides is 1. The van der Waals surface area contributed by atoms with E-state index < -0.39 is 21.7 Å². The summed E-state index contributed by atoms with van der Waals surface area (Å²) in [4.78, 5) is 2.70. The molecule has 0 aliphatic carbocycles. The van der Waals surface area contributed by atoms with Crippen LogP contribution in [0.2, 0.25) is 5.02 Å². The molecular formula is C15H11ClF2N2O2S. The van der Waals surface area contributed by atoms with Crippen molar-refractivity contribution in [3.05, 3.63) is 64.8 Å². The average molecular weight is 357 g/mol. The Morgan fingerprint density at radius 1 is 1.13 bits per heavy atom. The highest BCUT2D eigenvalue weighted by molar-refractivity contribution is 7.91. The lowest BCUT2D eigenvalue weighted by molar-refractivity contribution is 0.511. The number of nitrogens with one attached hydrogen (secondary N) is 2. The number of H-pyrrole nitrogens is 1. The van der Waals surface area contributed by atoms with Crippen LogP contribution in [0, 0.1) is 11.6 Å². The molecule has 0 radical (unpaired) electrons. The summed E-state index contributed by atoms with van der Waals surface area (Å²) >= 11 is 5.83. The summed E-state index contributed by atoms with van der Waals surface area (Å²) in [5, 5.41) is 0.681. The molecule has 23 heavy (non-hydrogen) atoms. The van der Waals surface area contributed by atoms with E-state index in [1.807, 2.05) is 0 Å². The Hall–Kier alpha value is -2.12. The summed E-state index contributed by atoms with van der Waals surface area (Å²) in [5.74, 6) is -2.34. The van der Waals surface area contributed by atoms with Gasteiger partial charge in [-0.3, -0.25) is 4.72 Å². The maximum Gasteiger partial charge on any atom is 0.236 e. The van der Waals surface area contributed by atoms with E-state index in [4.69, 9.17) is 11.6 Å². The summed E-state index contributed by atoms with van der Waals surface area (Å²) in [6.07, 6.45) is 1.35. The maximum absolute atomic E-state index is 13.3. The second-order valence-corrected chi connectivity index (χ2v) is 7.16. The molecule has 0 bridgehead atoms. The molecule has 2 N–H and O–H groups in total. The van der Waals surface area contributed by atoms with Crippen molar-refractivity contribution < 1.29 is 17.2 Å². The van der Waals surface area contributed by atoms with Gasteiger partial charge in [-0.1, -0.05) is 23.7 Å². The number of benzene rings is 2. The molecular weight excluding hydrogens is 346 g/mol. The minimum absolute atomic E-state index is 0.154. The Bertz CT molecular complexity index is 986. The van der Waals surface area contributed by atoms with Crippen molar-refractivity contribution in [1.82, 2.24) is 4.98 Å². The molecule has 0 aliphatic rings. The van der Waals surface area contributed by atoms with E-state index in [9.17, 15) is 17.2 Å². The lowest BCUT2D eigenvalue weighted by Gasteiger charge is -2.07. The van der Waals surface area contributed by atoms with Gasteiger partial charge < -0.3 is 4.98 Å². The molecule has 2 aromatic carbocycles. The zero-order valence-corrected chi connectivity index (χ0v) is 13.2. The lowest BCUT2D eigenvalue weighted by Crippen LogP contribution is -2.14. The SMILES string of the molecule is O=S(=O)(Cc1cccc(Cl)c1)Nc1c[nH]c2cc(F)c(F)cc12. The third-order valence-electron chi connectivity index (χ3n) is 3.23. The van der Waals surface area contributed by atoms with Crippen LogP contribution >= 0.6 is 11.6 Å². The first-order chi connectivity index (χ1) is 10.8. The quantitative estimate of drug-likeness (QED) is 0.741. The number of aromatic amines is 1. The van der Waals surface area contributed by atoms with Gasteiger partial charge in [0.2, 0.25) is 10.0 Å². The molecule has 0 amide bonds. The van der Waals surface area contributed by atoms with E-state index in [-0.39, 0.29) is 16.8 Å². The summed E-state index contributed by atoms with van der Waals surface area (Å²) in [5.41, 5.74) is 0.965. The Kier molecular flexibility index (Phi) is 3.99. The van der Waals surface area contributed by atoms with Crippen molar-refractivity contribution in [2.75, 3.05) is 4.72 Å². The number of hydrogen-bond acceptors (Lipinski definition) is 2. The molecule has 4 nitrogen and oxygen atoms in total. The summed E-state index contributed by atoms with van der Waals surface area (Å²) in [6, 6.07) is 8.39. The summed E-state index contributed by atoms with van der Waals surface area (Å²) < 4.78 is 53.4. The van der Waals surface area contributed by atoms with Crippen molar-refractivity contribution in [2.45, 2.75) is 5.75 Å². The number of aromatic nitrogens is 1. The first-order valence-electron chi connectivity index (χ1n) is 6.55. The zero-order chi connectivity index (χ0) is 16.6. The first kappa shape index (κ1) is 15.8. The Balaban J connectivity index is 1.90. The second kappa shape index (κ2) is 5.82. The molecule has 0 unspecified atom stereocenters. The van der Waals surface area contributed by atoms with E-state index in [0.29, 0.717) is 16.1 Å². The molecule has 1 aromatic heterocycles. The van der Waals surface area contributed by atoms with Gasteiger partial charge in [0.15, 0.2) is 11.6 Å². The van der Waals surface area contributed by atoms with Crippen molar-refractivity contribution in [3.8, 4) is 0 Å². The van der Waals surface area contributed by atoms with Crippen molar-refractivity contribution >= 4 is 38.2 Å². The lowest BCUT2D eigenvalue weighted by atomic mass is 10.2. The van der Waals surface area contributed by atoms with Crippen LogP contribution in [0.4, 0.5) is 14.5 Å². The Morgan fingerprint density at radius 3 is 2.61 bits per heavy atom. The van der Waals surface area contributed by atoms with Gasteiger partial charge in [-0.2, -0.15) is 0 Å². The van der Waals surface area contributed by atoms with Gasteiger partial charge in [0.05, 0.1) is 17.0 Å². The van der Waals surface area contributed by atoms with E-state index in [0.717, 1.165) is 12.1 Å². The fraction of sp³-hybridized carbons (Fsp3) is 0.0667. The molecule has 0 fully saturated rings. The van der Waals surface area contributed by atoms with Gasteiger partial charge in [0, 0.05) is 22.7 Å². The van der Waals surface area contributed by atoms with Gasteiger partial charge in [-0.25, -0.2) is 17.2 Å². The zero-order valence-electron chi connectivity index (χ0n) is 11.6. The third-order valence-corrected chi connectivity index (χ3v) is 4.71. The van der Waals surface area contributed by atoms with Crippen LogP contribution in [-0.4, -0.2) is 13.4 Å². The van der Waals surface area contributed by atoms with E-state index in [1.54, 1.807) is 24.3 Å². The molecule has 120 valence electrons. The van der Waals surface area contributed by atoms with Crippen LogP contribution < -0.4 is 4.72 Å². The fourth-order valence-electron chi connectivity index (χ4n) is 2.25. The maximum atomic E-state index is 13.3.